The monoisotopic (exact) mass is 507 g/mol. The number of aliphatic imine (C=N–C) groups is 1. The van der Waals surface area contributed by atoms with Gasteiger partial charge in [-0.15, -0.1) is 0 Å². The maximum Gasteiger partial charge on any atom is 0.325 e. The summed E-state index contributed by atoms with van der Waals surface area (Å²) in [6.07, 6.45) is -0.156. The van der Waals surface area contributed by atoms with Crippen LogP contribution in [0.25, 0.3) is 0 Å². The van der Waals surface area contributed by atoms with E-state index in [1.165, 1.54) is 6.92 Å². The molecule has 0 aliphatic heterocycles. The normalized spacial score (nSPS) is 13.8. The van der Waals surface area contributed by atoms with Crippen LogP contribution < -0.4 is 33.2 Å². The second-order valence-corrected chi connectivity index (χ2v) is 8.03. The van der Waals surface area contributed by atoms with Crippen LogP contribution in [-0.4, -0.2) is 76.5 Å². The molecule has 0 aromatic heterocycles. The predicted molar refractivity (Wildman–Crippen MR) is 129 cm³/mol. The largest absolute Gasteiger partial charge is 0.481 e. The van der Waals surface area contributed by atoms with Crippen molar-refractivity contribution in [2.45, 2.75) is 56.8 Å². The summed E-state index contributed by atoms with van der Waals surface area (Å²) in [5.74, 6) is -5.32. The Bertz CT molecular complexity index is 951. The molecule has 4 unspecified atom stereocenters. The van der Waals surface area contributed by atoms with E-state index in [1.54, 1.807) is 30.3 Å². The molecule has 1 aromatic rings. The van der Waals surface area contributed by atoms with Gasteiger partial charge in [-0.3, -0.25) is 29.0 Å². The average molecular weight is 508 g/mol. The molecule has 14 heteroatoms. The van der Waals surface area contributed by atoms with Gasteiger partial charge in [0.25, 0.3) is 0 Å². The van der Waals surface area contributed by atoms with Gasteiger partial charge >= 0.3 is 11.9 Å². The van der Waals surface area contributed by atoms with Crippen LogP contribution in [0.15, 0.2) is 35.3 Å². The van der Waals surface area contributed by atoms with Gasteiger partial charge in [-0.1, -0.05) is 30.3 Å². The van der Waals surface area contributed by atoms with Crippen molar-refractivity contribution in [1.82, 2.24) is 16.0 Å². The van der Waals surface area contributed by atoms with Crippen molar-refractivity contribution >= 4 is 35.6 Å². The second-order valence-electron chi connectivity index (χ2n) is 8.03. The maximum absolute atomic E-state index is 13.1. The number of nitrogens with one attached hydrogen (secondary N) is 3. The van der Waals surface area contributed by atoms with Gasteiger partial charge in [0, 0.05) is 13.0 Å². The lowest BCUT2D eigenvalue weighted by atomic mass is 10.0. The molecule has 11 N–H and O–H groups in total. The Balaban J connectivity index is 3.00. The van der Waals surface area contributed by atoms with Crippen molar-refractivity contribution in [3.63, 3.8) is 0 Å². The zero-order valence-corrected chi connectivity index (χ0v) is 19.8. The van der Waals surface area contributed by atoms with Crippen LogP contribution in [0.3, 0.4) is 0 Å². The van der Waals surface area contributed by atoms with Crippen molar-refractivity contribution in [2.75, 3.05) is 6.54 Å². The number of nitrogens with zero attached hydrogens (tertiary/aromatic N) is 1. The summed E-state index contributed by atoms with van der Waals surface area (Å²) in [6.45, 7) is 1.45. The lowest BCUT2D eigenvalue weighted by molar-refractivity contribution is -0.143. The molecule has 0 heterocycles. The molecule has 4 atom stereocenters. The van der Waals surface area contributed by atoms with Crippen LogP contribution in [0, 0.1) is 0 Å². The number of carboxylic acids is 2. The molecular weight excluding hydrogens is 474 g/mol. The molecule has 3 amide bonds. The summed E-state index contributed by atoms with van der Waals surface area (Å²) in [5, 5.41) is 25.1. The minimum atomic E-state index is -1.58. The molecule has 0 radical (unpaired) electrons. The van der Waals surface area contributed by atoms with E-state index < -0.39 is 60.2 Å². The number of carbonyl (C=O) groups is 5. The molecule has 0 aliphatic rings. The zero-order valence-electron chi connectivity index (χ0n) is 19.8. The fraction of sp³-hybridized carbons (Fsp3) is 0.455. The van der Waals surface area contributed by atoms with Gasteiger partial charge in [0.2, 0.25) is 17.7 Å². The average Bonchev–Trinajstić information content (AvgIpc) is 2.80. The van der Waals surface area contributed by atoms with E-state index >= 15 is 0 Å². The van der Waals surface area contributed by atoms with Gasteiger partial charge in [0.1, 0.15) is 18.1 Å². The topological polar surface area (TPSA) is 252 Å². The number of carboxylic acid groups (broad SMARTS) is 2. The van der Waals surface area contributed by atoms with E-state index in [-0.39, 0.29) is 25.3 Å². The van der Waals surface area contributed by atoms with Crippen molar-refractivity contribution < 1.29 is 34.2 Å². The Morgan fingerprint density at radius 3 is 2.06 bits per heavy atom. The zero-order chi connectivity index (χ0) is 27.3. The first-order valence-electron chi connectivity index (χ1n) is 11.1. The van der Waals surface area contributed by atoms with Crippen molar-refractivity contribution in [1.29, 1.82) is 0 Å². The first-order valence-corrected chi connectivity index (χ1v) is 11.1. The van der Waals surface area contributed by atoms with Gasteiger partial charge in [0.05, 0.1) is 12.5 Å². The van der Waals surface area contributed by atoms with Crippen LogP contribution in [0.1, 0.15) is 31.7 Å². The van der Waals surface area contributed by atoms with Crippen molar-refractivity contribution in [3.05, 3.63) is 35.9 Å². The molecule has 0 aliphatic carbocycles. The number of hydrogen-bond donors (Lipinski definition) is 8. The van der Waals surface area contributed by atoms with E-state index in [0.717, 1.165) is 0 Å². The molecule has 198 valence electrons. The Morgan fingerprint density at radius 2 is 1.50 bits per heavy atom. The molecule has 0 saturated carbocycles. The van der Waals surface area contributed by atoms with Gasteiger partial charge in [-0.25, -0.2) is 0 Å². The summed E-state index contributed by atoms with van der Waals surface area (Å²) in [7, 11) is 0. The van der Waals surface area contributed by atoms with Crippen LogP contribution in [0.4, 0.5) is 0 Å². The van der Waals surface area contributed by atoms with Crippen molar-refractivity contribution in [2.24, 2.45) is 22.2 Å². The number of nitrogens with two attached hydrogens (primary N) is 3. The summed E-state index contributed by atoms with van der Waals surface area (Å²) < 4.78 is 0. The number of guanidine groups is 1. The predicted octanol–water partition coefficient (Wildman–Crippen LogP) is -2.36. The van der Waals surface area contributed by atoms with Gasteiger partial charge in [0.15, 0.2) is 5.96 Å². The standard InChI is InChI=1S/C22H33N7O7/c1-12(21(35)36)27-19(33)16(11-17(30)31)29-20(34)15(10-13-6-3-2-4-7-13)28-18(32)14(23)8-5-9-26-22(24)25/h2-4,6-7,12,14-16H,5,8-11,23H2,1H3,(H,27,33)(H,28,32)(H,29,34)(H,30,31)(H,35,36)(H4,24,25,26). The Morgan fingerprint density at radius 1 is 0.917 bits per heavy atom. The highest BCUT2D eigenvalue weighted by Gasteiger charge is 2.30. The molecule has 1 rings (SSSR count). The van der Waals surface area contributed by atoms with E-state index in [4.69, 9.17) is 27.4 Å². The number of benzene rings is 1. The maximum atomic E-state index is 13.1. The number of rotatable bonds is 15. The number of aliphatic carboxylic acids is 2. The fourth-order valence-corrected chi connectivity index (χ4v) is 3.02. The highest BCUT2D eigenvalue weighted by Crippen LogP contribution is 2.06. The van der Waals surface area contributed by atoms with Crippen LogP contribution in [0.2, 0.25) is 0 Å². The highest BCUT2D eigenvalue weighted by atomic mass is 16.4. The number of hydrogen-bond acceptors (Lipinski definition) is 7. The molecule has 0 bridgehead atoms. The molecule has 36 heavy (non-hydrogen) atoms. The van der Waals surface area contributed by atoms with Crippen LogP contribution in [0.5, 0.6) is 0 Å². The molecular formula is C22H33N7O7. The smallest absolute Gasteiger partial charge is 0.325 e. The third-order valence-electron chi connectivity index (χ3n) is 4.96. The molecule has 0 fully saturated rings. The fourth-order valence-electron chi connectivity index (χ4n) is 3.02. The van der Waals surface area contributed by atoms with E-state index in [2.05, 4.69) is 20.9 Å². The number of carbonyl (C=O) groups excluding carboxylic acids is 3. The van der Waals surface area contributed by atoms with E-state index in [0.29, 0.717) is 12.0 Å². The van der Waals surface area contributed by atoms with Crippen LogP contribution in [-0.2, 0) is 30.4 Å². The third-order valence-corrected chi connectivity index (χ3v) is 4.96. The van der Waals surface area contributed by atoms with E-state index in [9.17, 15) is 24.0 Å². The Hall–Kier alpha value is -4.20. The molecule has 0 saturated heterocycles. The van der Waals surface area contributed by atoms with Gasteiger partial charge in [-0.05, 0) is 25.3 Å². The second kappa shape index (κ2) is 14.9. The molecule has 0 spiro atoms. The minimum absolute atomic E-state index is 0.0199. The highest BCUT2D eigenvalue weighted by molar-refractivity contribution is 5.95. The molecule has 1 aromatic carbocycles. The lowest BCUT2D eigenvalue weighted by Crippen LogP contribution is -2.57. The summed E-state index contributed by atoms with van der Waals surface area (Å²) in [4.78, 5) is 64.2. The van der Waals surface area contributed by atoms with Crippen LogP contribution >= 0.6 is 0 Å². The summed E-state index contributed by atoms with van der Waals surface area (Å²) in [6, 6.07) is 3.58. The van der Waals surface area contributed by atoms with Gasteiger partial charge in [-0.2, -0.15) is 0 Å². The first-order chi connectivity index (χ1) is 16.9. The van der Waals surface area contributed by atoms with Gasteiger partial charge < -0.3 is 43.4 Å². The van der Waals surface area contributed by atoms with Crippen molar-refractivity contribution in [3.8, 4) is 0 Å². The van der Waals surface area contributed by atoms with E-state index in [1.807, 2.05) is 0 Å². The lowest BCUT2D eigenvalue weighted by Gasteiger charge is -2.24. The Kier molecular flexibility index (Phi) is 12.4. The quantitative estimate of drug-likeness (QED) is 0.0712. The summed E-state index contributed by atoms with van der Waals surface area (Å²) in [5.41, 5.74) is 17.1. The Labute approximate surface area is 207 Å². The third kappa shape index (κ3) is 11.3. The summed E-state index contributed by atoms with van der Waals surface area (Å²) >= 11 is 0. The SMILES string of the molecule is CC(NC(=O)C(CC(=O)O)NC(=O)C(Cc1ccccc1)NC(=O)C(N)CCCN=C(N)N)C(=O)O. The molecule has 14 nitrogen and oxygen atoms in total. The minimum Gasteiger partial charge on any atom is -0.481 e. The number of amides is 3. The first kappa shape index (κ1) is 29.8.